The van der Waals surface area contributed by atoms with Crippen molar-refractivity contribution in [3.63, 3.8) is 0 Å². The van der Waals surface area contributed by atoms with Gasteiger partial charge in [0.05, 0.1) is 13.2 Å². The molecule has 8 nitrogen and oxygen atoms in total. The number of aliphatic hydroxyl groups excluding tert-OH is 3. The number of aromatic nitrogens is 2. The molecule has 3 N–H and O–H groups in total. The zero-order valence-electron chi connectivity index (χ0n) is 11.3. The van der Waals surface area contributed by atoms with Crippen LogP contribution >= 0.6 is 0 Å². The lowest BCUT2D eigenvalue weighted by Crippen LogP contribution is -2.44. The maximum Gasteiger partial charge on any atom is 0.333 e. The van der Waals surface area contributed by atoms with E-state index >= 15 is 0 Å². The Labute approximate surface area is 118 Å². The summed E-state index contributed by atoms with van der Waals surface area (Å²) < 4.78 is 19.3. The van der Waals surface area contributed by atoms with Gasteiger partial charge in [0.1, 0.15) is 25.0 Å². The molecule has 0 aromatic carbocycles. The van der Waals surface area contributed by atoms with E-state index in [0.717, 1.165) is 4.57 Å². The van der Waals surface area contributed by atoms with Crippen molar-refractivity contribution in [2.75, 3.05) is 13.3 Å². The molecular weight excluding hydrogens is 287 g/mol. The van der Waals surface area contributed by atoms with Crippen LogP contribution in [0.15, 0.2) is 15.8 Å². The van der Waals surface area contributed by atoms with Crippen LogP contribution < -0.4 is 11.2 Å². The maximum atomic E-state index is 12.5. The molecule has 1 fully saturated rings. The largest absolute Gasteiger partial charge is 0.394 e. The van der Waals surface area contributed by atoms with Gasteiger partial charge in [0, 0.05) is 11.8 Å². The highest BCUT2D eigenvalue weighted by atomic mass is 19.1. The van der Waals surface area contributed by atoms with E-state index in [1.54, 1.807) is 0 Å². The van der Waals surface area contributed by atoms with Crippen LogP contribution in [0.25, 0.3) is 0 Å². The molecule has 2 rings (SSSR count). The van der Waals surface area contributed by atoms with Crippen LogP contribution in [0.5, 0.6) is 0 Å². The normalized spacial score (nSPS) is 29.0. The Morgan fingerprint density at radius 3 is 2.52 bits per heavy atom. The van der Waals surface area contributed by atoms with Crippen molar-refractivity contribution in [2.45, 2.75) is 38.0 Å². The first-order valence-corrected chi connectivity index (χ1v) is 6.43. The van der Waals surface area contributed by atoms with Crippen molar-refractivity contribution in [1.82, 2.24) is 9.13 Å². The minimum atomic E-state index is -1.45. The van der Waals surface area contributed by atoms with E-state index in [9.17, 15) is 24.2 Å². The third-order valence-corrected chi connectivity index (χ3v) is 3.47. The Morgan fingerprint density at radius 1 is 1.33 bits per heavy atom. The van der Waals surface area contributed by atoms with E-state index < -0.39 is 55.6 Å². The van der Waals surface area contributed by atoms with Crippen molar-refractivity contribution in [3.8, 4) is 0 Å². The minimum absolute atomic E-state index is 0.167. The van der Waals surface area contributed by atoms with Gasteiger partial charge in [0.15, 0.2) is 6.23 Å². The molecule has 9 heteroatoms. The van der Waals surface area contributed by atoms with Crippen LogP contribution in [-0.4, -0.2) is 56.0 Å². The van der Waals surface area contributed by atoms with Crippen molar-refractivity contribution in [2.24, 2.45) is 0 Å². The summed E-state index contributed by atoms with van der Waals surface area (Å²) in [5.74, 6) is 0. The van der Waals surface area contributed by atoms with Gasteiger partial charge in [-0.15, -0.1) is 0 Å². The molecule has 1 aliphatic rings. The Hall–Kier alpha value is -1.55. The second-order valence-corrected chi connectivity index (χ2v) is 4.88. The highest BCUT2D eigenvalue weighted by Crippen LogP contribution is 2.27. The van der Waals surface area contributed by atoms with E-state index in [1.165, 1.54) is 13.1 Å². The highest BCUT2D eigenvalue weighted by Gasteiger charge is 2.44. The molecule has 0 radical (unpaired) electrons. The molecule has 0 spiro atoms. The fourth-order valence-corrected chi connectivity index (χ4v) is 2.33. The average molecular weight is 304 g/mol. The molecule has 21 heavy (non-hydrogen) atoms. The summed E-state index contributed by atoms with van der Waals surface area (Å²) in [5, 5.41) is 28.6. The number of aliphatic hydroxyl groups is 3. The standard InChI is InChI=1S/C12H17FN2O6/c1-6-4-15(12(20)14(3-2-13)10(6)19)11-9(18)8(17)7(5-16)21-11/h4,7-9,11,16-18H,2-3,5H2,1H3/t7-,8+,9?,11-/m1/s1. The van der Waals surface area contributed by atoms with Gasteiger partial charge in [-0.3, -0.25) is 13.9 Å². The zero-order valence-corrected chi connectivity index (χ0v) is 11.3. The Kier molecular flexibility index (Phi) is 4.57. The second kappa shape index (κ2) is 6.06. The van der Waals surface area contributed by atoms with Crippen LogP contribution in [0.2, 0.25) is 0 Å². The number of aryl methyl sites for hydroxylation is 1. The van der Waals surface area contributed by atoms with Crippen molar-refractivity contribution in [1.29, 1.82) is 0 Å². The lowest BCUT2D eigenvalue weighted by atomic mass is 10.1. The van der Waals surface area contributed by atoms with Crippen LogP contribution in [0, 0.1) is 6.92 Å². The van der Waals surface area contributed by atoms with Crippen LogP contribution in [-0.2, 0) is 11.3 Å². The molecule has 1 aromatic rings. The molecule has 0 bridgehead atoms. The van der Waals surface area contributed by atoms with Gasteiger partial charge in [-0.1, -0.05) is 0 Å². The van der Waals surface area contributed by atoms with Crippen LogP contribution in [0.3, 0.4) is 0 Å². The Balaban J connectivity index is 2.50. The van der Waals surface area contributed by atoms with E-state index in [4.69, 9.17) is 9.84 Å². The quantitative estimate of drug-likeness (QED) is 0.587. The van der Waals surface area contributed by atoms with E-state index in [1.807, 2.05) is 0 Å². The monoisotopic (exact) mass is 304 g/mol. The molecule has 0 aliphatic carbocycles. The van der Waals surface area contributed by atoms with E-state index in [2.05, 4.69) is 0 Å². The Morgan fingerprint density at radius 2 is 2.00 bits per heavy atom. The van der Waals surface area contributed by atoms with Gasteiger partial charge in [-0.25, -0.2) is 9.18 Å². The predicted octanol–water partition coefficient (Wildman–Crippen LogP) is -2.10. The van der Waals surface area contributed by atoms with E-state index in [-0.39, 0.29) is 5.56 Å². The molecule has 1 aliphatic heterocycles. The number of nitrogens with zero attached hydrogens (tertiary/aromatic N) is 2. The number of alkyl halides is 1. The fourth-order valence-electron chi connectivity index (χ4n) is 2.33. The lowest BCUT2D eigenvalue weighted by molar-refractivity contribution is -0.0557. The van der Waals surface area contributed by atoms with Gasteiger partial charge >= 0.3 is 5.69 Å². The summed E-state index contributed by atoms with van der Waals surface area (Å²) in [5.41, 5.74) is -1.31. The van der Waals surface area contributed by atoms with E-state index in [0.29, 0.717) is 4.57 Å². The molecule has 0 saturated carbocycles. The summed E-state index contributed by atoms with van der Waals surface area (Å²) in [6.07, 6.45) is -3.93. The van der Waals surface area contributed by atoms with Crippen molar-refractivity contribution < 1.29 is 24.4 Å². The predicted molar refractivity (Wildman–Crippen MR) is 68.7 cm³/mol. The topological polar surface area (TPSA) is 114 Å². The number of rotatable bonds is 4. The highest BCUT2D eigenvalue weighted by molar-refractivity contribution is 5.05. The molecule has 0 amide bonds. The first-order valence-electron chi connectivity index (χ1n) is 6.43. The smallest absolute Gasteiger partial charge is 0.333 e. The van der Waals surface area contributed by atoms with Crippen molar-refractivity contribution >= 4 is 0 Å². The fraction of sp³-hybridized carbons (Fsp3) is 0.667. The van der Waals surface area contributed by atoms with Crippen molar-refractivity contribution in [3.05, 3.63) is 32.6 Å². The molecule has 4 atom stereocenters. The molecule has 1 aromatic heterocycles. The third-order valence-electron chi connectivity index (χ3n) is 3.47. The molecule has 118 valence electrons. The van der Waals surface area contributed by atoms with Gasteiger partial charge in [0.25, 0.3) is 5.56 Å². The number of hydrogen-bond acceptors (Lipinski definition) is 6. The summed E-state index contributed by atoms with van der Waals surface area (Å²) in [6, 6.07) is 0. The number of halogens is 1. The van der Waals surface area contributed by atoms with Gasteiger partial charge in [0.2, 0.25) is 0 Å². The third kappa shape index (κ3) is 2.64. The van der Waals surface area contributed by atoms with Gasteiger partial charge in [-0.2, -0.15) is 0 Å². The van der Waals surface area contributed by atoms with Gasteiger partial charge in [-0.05, 0) is 6.92 Å². The average Bonchev–Trinajstić information content (AvgIpc) is 2.75. The lowest BCUT2D eigenvalue weighted by Gasteiger charge is -2.19. The number of ether oxygens (including phenoxy) is 1. The maximum absolute atomic E-state index is 12.5. The zero-order chi connectivity index (χ0) is 15.7. The molecule has 2 heterocycles. The SMILES string of the molecule is Cc1cn([C@@H]2O[C@H](CO)[C@H](O)C2O)c(=O)n(CCF)c1=O. The van der Waals surface area contributed by atoms with Crippen LogP contribution in [0.4, 0.5) is 4.39 Å². The number of hydrogen-bond donors (Lipinski definition) is 3. The Bertz CT molecular complexity index is 627. The second-order valence-electron chi connectivity index (χ2n) is 4.88. The first kappa shape index (κ1) is 15.8. The van der Waals surface area contributed by atoms with Gasteiger partial charge < -0.3 is 20.1 Å². The molecule has 1 unspecified atom stereocenters. The summed E-state index contributed by atoms with van der Waals surface area (Å²) in [6.45, 7) is -0.399. The summed E-state index contributed by atoms with van der Waals surface area (Å²) in [7, 11) is 0. The first-order chi connectivity index (χ1) is 9.92. The molecule has 1 saturated heterocycles. The van der Waals surface area contributed by atoms with Crippen LogP contribution in [0.1, 0.15) is 11.8 Å². The molecular formula is C12H17FN2O6. The summed E-state index contributed by atoms with van der Waals surface area (Å²) >= 11 is 0. The minimum Gasteiger partial charge on any atom is -0.394 e. The summed E-state index contributed by atoms with van der Waals surface area (Å²) in [4.78, 5) is 24.0.